The van der Waals surface area contributed by atoms with Crippen LogP contribution in [0.2, 0.25) is 18.1 Å². The van der Waals surface area contributed by atoms with E-state index in [1.165, 1.54) is 14.0 Å². The highest BCUT2D eigenvalue weighted by Gasteiger charge is 2.34. The normalized spacial score (nSPS) is 14.1. The van der Waals surface area contributed by atoms with Crippen LogP contribution >= 0.6 is 0 Å². The van der Waals surface area contributed by atoms with Crippen LogP contribution in [-0.2, 0) is 25.7 Å². The maximum absolute atomic E-state index is 12.8. The maximum Gasteiger partial charge on any atom is 0.408 e. The third-order valence-electron chi connectivity index (χ3n) is 5.64. The number of ether oxygens (including phenoxy) is 2. The van der Waals surface area contributed by atoms with Crippen LogP contribution in [0.1, 0.15) is 39.7 Å². The van der Waals surface area contributed by atoms with E-state index in [0.717, 1.165) is 5.56 Å². The lowest BCUT2D eigenvalue weighted by Gasteiger charge is -2.31. The van der Waals surface area contributed by atoms with Crippen LogP contribution < -0.4 is 10.6 Å². The summed E-state index contributed by atoms with van der Waals surface area (Å²) in [6.07, 6.45) is -2.05. The molecule has 3 atom stereocenters. The predicted molar refractivity (Wildman–Crippen MR) is 129 cm³/mol. The van der Waals surface area contributed by atoms with Gasteiger partial charge in [-0.3, -0.25) is 4.79 Å². The van der Waals surface area contributed by atoms with Gasteiger partial charge in [0.1, 0.15) is 26.8 Å². The van der Waals surface area contributed by atoms with Crippen LogP contribution in [0, 0.1) is 11.5 Å². The van der Waals surface area contributed by atoms with Crippen LogP contribution in [0.4, 0.5) is 4.79 Å². The molecule has 1 aromatic carbocycles. The summed E-state index contributed by atoms with van der Waals surface area (Å²) in [4.78, 5) is 37.1. The third-order valence-corrected chi connectivity index (χ3v) is 10.2. The van der Waals surface area contributed by atoms with Gasteiger partial charge in [-0.25, -0.2) is 9.59 Å². The molecule has 0 fully saturated rings. The quantitative estimate of drug-likeness (QED) is 0.302. The van der Waals surface area contributed by atoms with E-state index in [0.29, 0.717) is 0 Å². The van der Waals surface area contributed by atoms with Gasteiger partial charge in [0.05, 0.1) is 13.2 Å². The van der Waals surface area contributed by atoms with Crippen LogP contribution in [0.25, 0.3) is 0 Å². The Morgan fingerprint density at radius 1 is 1.12 bits per heavy atom. The average Bonchev–Trinajstić information content (AvgIpc) is 2.74. The summed E-state index contributed by atoms with van der Waals surface area (Å²) in [5.74, 6) is 1.61. The molecule has 1 rings (SSSR count). The van der Waals surface area contributed by atoms with Crippen molar-refractivity contribution in [1.29, 1.82) is 0 Å². The first kappa shape index (κ1) is 28.2. The van der Waals surface area contributed by atoms with E-state index >= 15 is 0 Å². The minimum Gasteiger partial charge on any atom is -0.467 e. The van der Waals surface area contributed by atoms with Crippen molar-refractivity contribution in [2.24, 2.45) is 0 Å². The first-order chi connectivity index (χ1) is 15.3. The molecule has 8 nitrogen and oxygen atoms in total. The lowest BCUT2D eigenvalue weighted by Crippen LogP contribution is -2.55. The molecule has 0 aliphatic heterocycles. The third kappa shape index (κ3) is 9.28. The van der Waals surface area contributed by atoms with Crippen LogP contribution in [0.15, 0.2) is 30.3 Å². The smallest absolute Gasteiger partial charge is 0.408 e. The van der Waals surface area contributed by atoms with Crippen molar-refractivity contribution in [2.45, 2.75) is 77.0 Å². The standard InChI is InChI=1S/C24H36N2O6Si/c1-17(27)20(26-23(30)32-16-18-12-9-8-10-13-18)21(28)25-19(22(29)31-5)14-11-15-33(6,7)24(2,3)4/h8-10,12-13,17,19-20,27H,14,16H2,1-7H3,(H,25,28)(H,26,30)/t17-,19+,20+/m1/s1. The Morgan fingerprint density at radius 2 is 1.73 bits per heavy atom. The first-order valence-electron chi connectivity index (χ1n) is 10.8. The molecule has 0 aliphatic carbocycles. The number of aliphatic hydroxyl groups excluding tert-OH is 1. The van der Waals surface area contributed by atoms with E-state index in [9.17, 15) is 19.5 Å². The molecule has 0 radical (unpaired) electrons. The number of rotatable bonds is 8. The Kier molecular flexibility index (Phi) is 10.6. The van der Waals surface area contributed by atoms with Gasteiger partial charge in [0, 0.05) is 6.42 Å². The van der Waals surface area contributed by atoms with Crippen molar-refractivity contribution in [3.05, 3.63) is 35.9 Å². The van der Waals surface area contributed by atoms with Crippen molar-refractivity contribution in [3.63, 3.8) is 0 Å². The molecular weight excluding hydrogens is 440 g/mol. The van der Waals surface area contributed by atoms with Crippen LogP contribution in [-0.4, -0.2) is 56.4 Å². The van der Waals surface area contributed by atoms with Crippen molar-refractivity contribution in [2.75, 3.05) is 7.11 Å². The van der Waals surface area contributed by atoms with Gasteiger partial charge in [0.25, 0.3) is 0 Å². The Labute approximate surface area is 197 Å². The topological polar surface area (TPSA) is 114 Å². The molecule has 0 spiro atoms. The molecule has 3 N–H and O–H groups in total. The molecule has 0 aromatic heterocycles. The number of methoxy groups -OCH3 is 1. The maximum atomic E-state index is 12.8. The zero-order valence-electron chi connectivity index (χ0n) is 20.5. The second kappa shape index (κ2) is 12.4. The zero-order valence-corrected chi connectivity index (χ0v) is 21.5. The van der Waals surface area contributed by atoms with E-state index in [4.69, 9.17) is 9.47 Å². The van der Waals surface area contributed by atoms with E-state index < -0.39 is 44.2 Å². The minimum absolute atomic E-state index is 0.00858. The van der Waals surface area contributed by atoms with Crippen molar-refractivity contribution >= 4 is 26.0 Å². The summed E-state index contributed by atoms with van der Waals surface area (Å²) in [6, 6.07) is 6.67. The molecule has 2 amide bonds. The van der Waals surface area contributed by atoms with Gasteiger partial charge in [0.15, 0.2) is 0 Å². The Balaban J connectivity index is 2.83. The number of hydrogen-bond donors (Lipinski definition) is 3. The highest BCUT2D eigenvalue weighted by atomic mass is 28.3. The fourth-order valence-electron chi connectivity index (χ4n) is 2.46. The fourth-order valence-corrected chi connectivity index (χ4v) is 3.37. The Hall–Kier alpha value is -2.83. The van der Waals surface area contributed by atoms with Gasteiger partial charge in [0.2, 0.25) is 5.91 Å². The number of aliphatic hydroxyl groups is 1. The number of amides is 2. The van der Waals surface area contributed by atoms with Gasteiger partial charge in [-0.2, -0.15) is 0 Å². The fraction of sp³-hybridized carbons (Fsp3) is 0.542. The molecule has 0 bridgehead atoms. The summed E-state index contributed by atoms with van der Waals surface area (Å²) in [6.45, 7) is 12.0. The van der Waals surface area contributed by atoms with Gasteiger partial charge in [-0.05, 0) is 17.5 Å². The number of carbonyl (C=O) groups is 3. The summed E-state index contributed by atoms with van der Waals surface area (Å²) < 4.78 is 9.90. The number of hydrogen-bond acceptors (Lipinski definition) is 6. The van der Waals surface area contributed by atoms with E-state index in [1.807, 2.05) is 18.2 Å². The number of benzene rings is 1. The molecule has 9 heteroatoms. The second-order valence-corrected chi connectivity index (χ2v) is 14.4. The second-order valence-electron chi connectivity index (χ2n) is 9.39. The molecule has 0 saturated heterocycles. The van der Waals surface area contributed by atoms with Crippen molar-refractivity contribution in [1.82, 2.24) is 10.6 Å². The van der Waals surface area contributed by atoms with E-state index in [1.54, 1.807) is 12.1 Å². The predicted octanol–water partition coefficient (Wildman–Crippen LogP) is 2.76. The molecule has 0 aliphatic rings. The number of nitrogens with one attached hydrogen (secondary N) is 2. The lowest BCUT2D eigenvalue weighted by atomic mass is 10.1. The molecule has 0 unspecified atom stereocenters. The molecule has 0 saturated carbocycles. The summed E-state index contributed by atoms with van der Waals surface area (Å²) in [5, 5.41) is 14.9. The summed E-state index contributed by atoms with van der Waals surface area (Å²) >= 11 is 0. The van der Waals surface area contributed by atoms with Crippen molar-refractivity contribution < 1.29 is 29.0 Å². The highest BCUT2D eigenvalue weighted by molar-refractivity contribution is 6.87. The van der Waals surface area contributed by atoms with Gasteiger partial charge in [-0.15, -0.1) is 11.5 Å². The zero-order chi connectivity index (χ0) is 25.2. The van der Waals surface area contributed by atoms with Crippen LogP contribution in [0.3, 0.4) is 0 Å². The minimum atomic E-state index is -1.89. The largest absolute Gasteiger partial charge is 0.467 e. The molecule has 1 aromatic rings. The Bertz CT molecular complexity index is 868. The Morgan fingerprint density at radius 3 is 2.24 bits per heavy atom. The van der Waals surface area contributed by atoms with Crippen LogP contribution in [0.5, 0.6) is 0 Å². The van der Waals surface area contributed by atoms with Crippen molar-refractivity contribution in [3.8, 4) is 11.5 Å². The first-order valence-corrected chi connectivity index (χ1v) is 13.8. The highest BCUT2D eigenvalue weighted by Crippen LogP contribution is 2.35. The molecule has 33 heavy (non-hydrogen) atoms. The van der Waals surface area contributed by atoms with Gasteiger partial charge >= 0.3 is 12.1 Å². The van der Waals surface area contributed by atoms with E-state index in [2.05, 4.69) is 56.0 Å². The van der Waals surface area contributed by atoms with E-state index in [-0.39, 0.29) is 18.1 Å². The lowest BCUT2D eigenvalue weighted by molar-refractivity contribution is -0.145. The molecule has 0 heterocycles. The molecule has 182 valence electrons. The number of alkyl carbamates (subject to hydrolysis) is 1. The summed E-state index contributed by atoms with van der Waals surface area (Å²) in [7, 11) is -0.678. The number of carbonyl (C=O) groups excluding carboxylic acids is 3. The van der Waals surface area contributed by atoms with Gasteiger partial charge in [-0.1, -0.05) is 64.2 Å². The SMILES string of the molecule is COC(=O)[C@H](CC#C[Si](C)(C)C(C)(C)C)NC(=O)[C@@H](NC(=O)OCc1ccccc1)[C@@H](C)O. The molecular formula is C24H36N2O6Si. The number of esters is 1. The van der Waals surface area contributed by atoms with Gasteiger partial charge < -0.3 is 25.2 Å². The summed E-state index contributed by atoms with van der Waals surface area (Å²) in [5.41, 5.74) is 4.06. The average molecular weight is 477 g/mol. The monoisotopic (exact) mass is 476 g/mol.